The second-order valence-corrected chi connectivity index (χ2v) is 5.32. The molecule has 2 rings (SSSR count). The lowest BCUT2D eigenvalue weighted by atomic mass is 10.1. The minimum absolute atomic E-state index is 0.0998. The molecule has 0 radical (unpaired) electrons. The van der Waals surface area contributed by atoms with Gasteiger partial charge in [-0.05, 0) is 43.1 Å². The third-order valence-electron chi connectivity index (χ3n) is 3.39. The Hall–Kier alpha value is -1.91. The number of nitro groups is 1. The van der Waals surface area contributed by atoms with Gasteiger partial charge in [0.05, 0.1) is 4.92 Å². The highest BCUT2D eigenvalue weighted by molar-refractivity contribution is 6.30. The third-order valence-corrected chi connectivity index (χ3v) is 3.62. The van der Waals surface area contributed by atoms with Crippen molar-refractivity contribution in [1.29, 1.82) is 0 Å². The van der Waals surface area contributed by atoms with Crippen LogP contribution >= 0.6 is 11.6 Å². The summed E-state index contributed by atoms with van der Waals surface area (Å²) in [6, 6.07) is 12.8. The van der Waals surface area contributed by atoms with Crippen molar-refractivity contribution in [2.24, 2.45) is 0 Å². The predicted octanol–water partition coefficient (Wildman–Crippen LogP) is 3.89. The quantitative estimate of drug-likeness (QED) is 0.500. The fourth-order valence-electron chi connectivity index (χ4n) is 2.21. The number of nitro benzene ring substituents is 1. The molecule has 0 aliphatic carbocycles. The molecule has 0 heterocycles. The molecule has 2 aromatic carbocycles. The van der Waals surface area contributed by atoms with Gasteiger partial charge in [-0.3, -0.25) is 10.1 Å². The van der Waals surface area contributed by atoms with Crippen molar-refractivity contribution in [3.8, 4) is 0 Å². The maximum atomic E-state index is 11.0. The molecule has 2 aromatic rings. The van der Waals surface area contributed by atoms with Gasteiger partial charge in [-0.2, -0.15) is 0 Å². The molecule has 0 amide bonds. The van der Waals surface area contributed by atoms with Crippen molar-refractivity contribution in [2.75, 3.05) is 6.54 Å². The molecular weight excluding hydrogens is 288 g/mol. The molecular formula is C16H17ClN2O2. The molecule has 0 bridgehead atoms. The molecule has 0 atom stereocenters. The maximum Gasteiger partial charge on any atom is 0.273 e. The Kier molecular flexibility index (Phi) is 5.31. The van der Waals surface area contributed by atoms with E-state index >= 15 is 0 Å². The summed E-state index contributed by atoms with van der Waals surface area (Å²) in [7, 11) is 0. The molecule has 0 saturated carbocycles. The van der Waals surface area contributed by atoms with Gasteiger partial charge in [-0.1, -0.05) is 35.9 Å². The molecule has 110 valence electrons. The molecule has 0 aliphatic rings. The van der Waals surface area contributed by atoms with Gasteiger partial charge in [0.15, 0.2) is 0 Å². The van der Waals surface area contributed by atoms with E-state index in [4.69, 9.17) is 11.6 Å². The molecule has 5 heteroatoms. The van der Waals surface area contributed by atoms with Gasteiger partial charge in [0.25, 0.3) is 5.69 Å². The minimum atomic E-state index is -0.380. The molecule has 0 spiro atoms. The molecule has 0 saturated heterocycles. The first kappa shape index (κ1) is 15.5. The summed E-state index contributed by atoms with van der Waals surface area (Å²) in [5.74, 6) is 0. The van der Waals surface area contributed by atoms with Gasteiger partial charge >= 0.3 is 0 Å². The van der Waals surface area contributed by atoms with Crippen LogP contribution in [0.2, 0.25) is 5.02 Å². The zero-order valence-corrected chi connectivity index (χ0v) is 12.6. The van der Waals surface area contributed by atoms with E-state index in [0.29, 0.717) is 17.1 Å². The van der Waals surface area contributed by atoms with Gasteiger partial charge < -0.3 is 5.32 Å². The van der Waals surface area contributed by atoms with Crippen molar-refractivity contribution in [3.63, 3.8) is 0 Å². The second kappa shape index (κ2) is 7.20. The maximum absolute atomic E-state index is 11.0. The van der Waals surface area contributed by atoms with Crippen LogP contribution in [-0.2, 0) is 13.0 Å². The Labute approximate surface area is 128 Å². The largest absolute Gasteiger partial charge is 0.312 e. The van der Waals surface area contributed by atoms with Crippen LogP contribution in [0.4, 0.5) is 5.69 Å². The van der Waals surface area contributed by atoms with E-state index in [0.717, 1.165) is 13.0 Å². The first-order chi connectivity index (χ1) is 10.1. The fraction of sp³-hybridized carbons (Fsp3) is 0.250. The van der Waals surface area contributed by atoms with Crippen molar-refractivity contribution in [2.45, 2.75) is 19.9 Å². The number of halogens is 1. The lowest BCUT2D eigenvalue weighted by Gasteiger charge is -2.08. The molecule has 0 aliphatic heterocycles. The topological polar surface area (TPSA) is 55.2 Å². The third kappa shape index (κ3) is 4.28. The number of aryl methyl sites for hydroxylation is 1. The highest BCUT2D eigenvalue weighted by Crippen LogP contribution is 2.22. The van der Waals surface area contributed by atoms with Crippen LogP contribution in [0.5, 0.6) is 0 Å². The first-order valence-electron chi connectivity index (χ1n) is 6.76. The van der Waals surface area contributed by atoms with Crippen LogP contribution in [0.3, 0.4) is 0 Å². The molecule has 0 unspecified atom stereocenters. The summed E-state index contributed by atoms with van der Waals surface area (Å²) < 4.78 is 0. The number of hydrogen-bond donors (Lipinski definition) is 1. The van der Waals surface area contributed by atoms with Crippen molar-refractivity contribution < 1.29 is 4.92 Å². The second-order valence-electron chi connectivity index (χ2n) is 4.88. The van der Waals surface area contributed by atoms with E-state index in [-0.39, 0.29) is 10.6 Å². The molecule has 21 heavy (non-hydrogen) atoms. The van der Waals surface area contributed by atoms with Crippen LogP contribution in [-0.4, -0.2) is 11.5 Å². The van der Waals surface area contributed by atoms with Gasteiger partial charge in [-0.15, -0.1) is 0 Å². The van der Waals surface area contributed by atoms with Crippen molar-refractivity contribution in [1.82, 2.24) is 5.32 Å². The Balaban J connectivity index is 1.93. The molecule has 0 aromatic heterocycles. The van der Waals surface area contributed by atoms with Crippen LogP contribution in [0, 0.1) is 17.0 Å². The predicted molar refractivity (Wildman–Crippen MR) is 84.7 cm³/mol. The van der Waals surface area contributed by atoms with Crippen LogP contribution in [0.15, 0.2) is 42.5 Å². The van der Waals surface area contributed by atoms with Gasteiger partial charge in [0.1, 0.15) is 0 Å². The Bertz CT molecular complexity index is 644. The summed E-state index contributed by atoms with van der Waals surface area (Å²) in [6.45, 7) is 3.27. The smallest absolute Gasteiger partial charge is 0.273 e. The average Bonchev–Trinajstić information content (AvgIpc) is 2.45. The standard InChI is InChI=1S/C16H17ClN2O2/c1-12-4-2-3-5-13(12)8-9-18-11-14-10-15(17)6-7-16(14)19(20)21/h2-7,10,18H,8-9,11H2,1H3. The van der Waals surface area contributed by atoms with E-state index in [2.05, 4.69) is 24.4 Å². The fourth-order valence-corrected chi connectivity index (χ4v) is 2.41. The molecule has 0 fully saturated rings. The number of nitrogens with zero attached hydrogens (tertiary/aromatic N) is 1. The van der Waals surface area contributed by atoms with E-state index < -0.39 is 0 Å². The van der Waals surface area contributed by atoms with Crippen LogP contribution < -0.4 is 5.32 Å². The monoisotopic (exact) mass is 304 g/mol. The zero-order valence-electron chi connectivity index (χ0n) is 11.8. The van der Waals surface area contributed by atoms with Gasteiger partial charge in [0, 0.05) is 23.2 Å². The van der Waals surface area contributed by atoms with E-state index in [1.807, 2.05) is 12.1 Å². The number of hydrogen-bond acceptors (Lipinski definition) is 3. The lowest BCUT2D eigenvalue weighted by Crippen LogP contribution is -2.17. The highest BCUT2D eigenvalue weighted by Gasteiger charge is 2.13. The zero-order chi connectivity index (χ0) is 15.2. The summed E-state index contributed by atoms with van der Waals surface area (Å²) in [4.78, 5) is 10.6. The summed E-state index contributed by atoms with van der Waals surface area (Å²) >= 11 is 5.90. The van der Waals surface area contributed by atoms with E-state index in [1.54, 1.807) is 6.07 Å². The number of rotatable bonds is 6. The van der Waals surface area contributed by atoms with E-state index in [9.17, 15) is 10.1 Å². The molecule has 4 nitrogen and oxygen atoms in total. The van der Waals surface area contributed by atoms with Gasteiger partial charge in [0.2, 0.25) is 0 Å². The minimum Gasteiger partial charge on any atom is -0.312 e. The number of benzene rings is 2. The van der Waals surface area contributed by atoms with Crippen LogP contribution in [0.25, 0.3) is 0 Å². The van der Waals surface area contributed by atoms with Crippen molar-refractivity contribution in [3.05, 3.63) is 74.3 Å². The SMILES string of the molecule is Cc1ccccc1CCNCc1cc(Cl)ccc1[N+](=O)[O-]. The molecule has 1 N–H and O–H groups in total. The number of nitrogens with one attached hydrogen (secondary N) is 1. The van der Waals surface area contributed by atoms with Crippen molar-refractivity contribution >= 4 is 17.3 Å². The normalized spacial score (nSPS) is 10.6. The summed E-state index contributed by atoms with van der Waals surface area (Å²) in [6.07, 6.45) is 0.890. The summed E-state index contributed by atoms with van der Waals surface area (Å²) in [5.41, 5.74) is 3.25. The Morgan fingerprint density at radius 3 is 2.67 bits per heavy atom. The Morgan fingerprint density at radius 1 is 1.19 bits per heavy atom. The Morgan fingerprint density at radius 2 is 1.95 bits per heavy atom. The lowest BCUT2D eigenvalue weighted by molar-refractivity contribution is -0.385. The van der Waals surface area contributed by atoms with E-state index in [1.165, 1.54) is 23.3 Å². The van der Waals surface area contributed by atoms with Crippen LogP contribution in [0.1, 0.15) is 16.7 Å². The summed E-state index contributed by atoms with van der Waals surface area (Å²) in [5, 5.41) is 14.7. The van der Waals surface area contributed by atoms with Gasteiger partial charge in [-0.25, -0.2) is 0 Å². The highest BCUT2D eigenvalue weighted by atomic mass is 35.5. The average molecular weight is 305 g/mol. The first-order valence-corrected chi connectivity index (χ1v) is 7.14.